The molecule has 0 aromatic carbocycles. The second-order valence-electron chi connectivity index (χ2n) is 2.95. The van der Waals surface area contributed by atoms with Crippen molar-refractivity contribution in [2.45, 2.75) is 18.0 Å². The van der Waals surface area contributed by atoms with E-state index in [-0.39, 0.29) is 11.7 Å². The van der Waals surface area contributed by atoms with Crippen LogP contribution in [0.1, 0.15) is 6.92 Å². The van der Waals surface area contributed by atoms with Gasteiger partial charge in [0.25, 0.3) is 0 Å². The molecule has 0 saturated heterocycles. The number of carbonyl (C=O) groups excluding carboxylic acids is 1. The molecule has 16 heavy (non-hydrogen) atoms. The summed E-state index contributed by atoms with van der Waals surface area (Å²) < 4.78 is 0. The van der Waals surface area contributed by atoms with Crippen LogP contribution in [0.25, 0.3) is 0 Å². The Bertz CT molecular complexity index is 372. The Hall–Kier alpha value is -1.63. The highest BCUT2D eigenvalue weighted by Crippen LogP contribution is 2.14. The Balaban J connectivity index is 2.50. The van der Waals surface area contributed by atoms with E-state index in [9.17, 15) is 9.59 Å². The third kappa shape index (κ3) is 4.26. The number of carbonyl (C=O) groups is 2. The van der Waals surface area contributed by atoms with E-state index in [2.05, 4.69) is 15.3 Å². The first-order valence-corrected chi connectivity index (χ1v) is 5.47. The van der Waals surface area contributed by atoms with Crippen LogP contribution >= 0.6 is 11.8 Å². The average Bonchev–Trinajstić information content (AvgIpc) is 2.25. The molecular formula is C9H11N3O3S. The van der Waals surface area contributed by atoms with E-state index in [0.29, 0.717) is 5.03 Å². The van der Waals surface area contributed by atoms with Crippen LogP contribution in [0.5, 0.6) is 0 Å². The Morgan fingerprint density at radius 2 is 2.38 bits per heavy atom. The fourth-order valence-corrected chi connectivity index (χ4v) is 1.79. The van der Waals surface area contributed by atoms with Gasteiger partial charge in [-0.15, -0.1) is 11.8 Å². The standard InChI is InChI=1S/C9H11N3O3S/c1-6(13)12-7(9(14)15)4-16-8-2-3-10-5-11-8/h2-3,5,7H,4H2,1H3,(H,12,13)(H,14,15). The minimum Gasteiger partial charge on any atom is -0.480 e. The van der Waals surface area contributed by atoms with Crippen molar-refractivity contribution in [3.8, 4) is 0 Å². The summed E-state index contributed by atoms with van der Waals surface area (Å²) in [6.45, 7) is 1.28. The molecule has 0 saturated carbocycles. The highest BCUT2D eigenvalue weighted by atomic mass is 32.2. The maximum Gasteiger partial charge on any atom is 0.327 e. The zero-order valence-electron chi connectivity index (χ0n) is 8.58. The molecule has 0 aliphatic carbocycles. The molecule has 0 spiro atoms. The van der Waals surface area contributed by atoms with E-state index in [0.717, 1.165) is 0 Å². The summed E-state index contributed by atoms with van der Waals surface area (Å²) in [6.07, 6.45) is 2.96. The summed E-state index contributed by atoms with van der Waals surface area (Å²) in [5, 5.41) is 11.9. The number of amides is 1. The first kappa shape index (κ1) is 12.4. The number of hydrogen-bond acceptors (Lipinski definition) is 5. The van der Waals surface area contributed by atoms with Gasteiger partial charge in [-0.05, 0) is 6.07 Å². The molecule has 6 nitrogen and oxygen atoms in total. The quantitative estimate of drug-likeness (QED) is 0.563. The fourth-order valence-electron chi connectivity index (χ4n) is 0.953. The van der Waals surface area contributed by atoms with Crippen LogP contribution < -0.4 is 5.32 Å². The maximum absolute atomic E-state index is 10.8. The van der Waals surface area contributed by atoms with Gasteiger partial charge in [0, 0.05) is 18.9 Å². The summed E-state index contributed by atoms with van der Waals surface area (Å²) in [5.41, 5.74) is 0. The number of aliphatic carboxylic acids is 1. The second-order valence-corrected chi connectivity index (χ2v) is 3.99. The van der Waals surface area contributed by atoms with E-state index in [4.69, 9.17) is 5.11 Å². The first-order valence-electron chi connectivity index (χ1n) is 4.48. The van der Waals surface area contributed by atoms with Crippen LogP contribution in [0.4, 0.5) is 0 Å². The minimum atomic E-state index is -1.06. The van der Waals surface area contributed by atoms with Crippen molar-refractivity contribution in [2.75, 3.05) is 5.75 Å². The van der Waals surface area contributed by atoms with E-state index in [1.54, 1.807) is 12.3 Å². The zero-order chi connectivity index (χ0) is 12.0. The zero-order valence-corrected chi connectivity index (χ0v) is 9.40. The van der Waals surface area contributed by atoms with Gasteiger partial charge >= 0.3 is 5.97 Å². The molecule has 2 N–H and O–H groups in total. The number of nitrogens with one attached hydrogen (secondary N) is 1. The molecule has 0 aliphatic heterocycles. The van der Waals surface area contributed by atoms with Crippen molar-refractivity contribution >= 4 is 23.6 Å². The van der Waals surface area contributed by atoms with E-state index < -0.39 is 12.0 Å². The van der Waals surface area contributed by atoms with Crippen LogP contribution in [-0.2, 0) is 9.59 Å². The van der Waals surface area contributed by atoms with Crippen molar-refractivity contribution in [3.05, 3.63) is 18.6 Å². The molecule has 1 rings (SSSR count). The molecule has 7 heteroatoms. The lowest BCUT2D eigenvalue weighted by atomic mass is 10.3. The molecule has 86 valence electrons. The Labute approximate surface area is 96.5 Å². The number of nitrogens with zero attached hydrogens (tertiary/aromatic N) is 2. The highest BCUT2D eigenvalue weighted by Gasteiger charge is 2.18. The molecule has 1 unspecified atom stereocenters. The molecule has 1 aromatic heterocycles. The third-order valence-corrected chi connectivity index (χ3v) is 2.67. The number of rotatable bonds is 5. The van der Waals surface area contributed by atoms with Crippen molar-refractivity contribution in [3.63, 3.8) is 0 Å². The lowest BCUT2D eigenvalue weighted by Gasteiger charge is -2.11. The highest BCUT2D eigenvalue weighted by molar-refractivity contribution is 7.99. The molecule has 0 radical (unpaired) electrons. The van der Waals surface area contributed by atoms with Gasteiger partial charge in [-0.3, -0.25) is 4.79 Å². The first-order chi connectivity index (χ1) is 7.59. The third-order valence-electron chi connectivity index (χ3n) is 1.63. The summed E-state index contributed by atoms with van der Waals surface area (Å²) in [4.78, 5) is 29.2. The number of thioether (sulfide) groups is 1. The van der Waals surface area contributed by atoms with Gasteiger partial charge in [-0.2, -0.15) is 0 Å². The van der Waals surface area contributed by atoms with E-state index in [1.165, 1.54) is 25.0 Å². The lowest BCUT2D eigenvalue weighted by Crippen LogP contribution is -2.41. The Morgan fingerprint density at radius 1 is 1.62 bits per heavy atom. The smallest absolute Gasteiger partial charge is 0.327 e. The van der Waals surface area contributed by atoms with Crippen molar-refractivity contribution in [1.29, 1.82) is 0 Å². The molecule has 0 fully saturated rings. The predicted molar refractivity (Wildman–Crippen MR) is 58.0 cm³/mol. The SMILES string of the molecule is CC(=O)NC(CSc1ccncn1)C(=O)O. The number of aromatic nitrogens is 2. The van der Waals surface area contributed by atoms with Crippen molar-refractivity contribution in [1.82, 2.24) is 15.3 Å². The predicted octanol–water partition coefficient (Wildman–Crippen LogP) is 0.158. The fraction of sp³-hybridized carbons (Fsp3) is 0.333. The molecule has 1 aromatic rings. The van der Waals surface area contributed by atoms with E-state index in [1.807, 2.05) is 0 Å². The summed E-state index contributed by atoms with van der Waals surface area (Å²) in [6, 6.07) is 0.773. The van der Waals surface area contributed by atoms with Gasteiger partial charge in [0.05, 0.1) is 5.03 Å². The van der Waals surface area contributed by atoms with Crippen molar-refractivity contribution in [2.24, 2.45) is 0 Å². The van der Waals surface area contributed by atoms with Gasteiger partial charge in [0.15, 0.2) is 0 Å². The maximum atomic E-state index is 10.8. The molecule has 1 heterocycles. The normalized spacial score (nSPS) is 11.8. The monoisotopic (exact) mass is 241 g/mol. The molecule has 1 atom stereocenters. The molecule has 0 bridgehead atoms. The molecule has 1 amide bonds. The summed E-state index contributed by atoms with van der Waals surface area (Å²) in [7, 11) is 0. The summed E-state index contributed by atoms with van der Waals surface area (Å²) in [5.74, 6) is -1.20. The largest absolute Gasteiger partial charge is 0.480 e. The van der Waals surface area contributed by atoms with Crippen molar-refractivity contribution < 1.29 is 14.7 Å². The van der Waals surface area contributed by atoms with Gasteiger partial charge < -0.3 is 10.4 Å². The average molecular weight is 241 g/mol. The van der Waals surface area contributed by atoms with Crippen LogP contribution in [0.2, 0.25) is 0 Å². The molecule has 0 aliphatic rings. The topological polar surface area (TPSA) is 92.2 Å². The van der Waals surface area contributed by atoms with Gasteiger partial charge in [-0.1, -0.05) is 0 Å². The van der Waals surface area contributed by atoms with Crippen LogP contribution in [-0.4, -0.2) is 38.7 Å². The van der Waals surface area contributed by atoms with Crippen LogP contribution in [0.15, 0.2) is 23.6 Å². The number of hydrogen-bond donors (Lipinski definition) is 2. The van der Waals surface area contributed by atoms with Crippen LogP contribution in [0.3, 0.4) is 0 Å². The van der Waals surface area contributed by atoms with Gasteiger partial charge in [0.2, 0.25) is 5.91 Å². The number of carboxylic acid groups (broad SMARTS) is 1. The van der Waals surface area contributed by atoms with Crippen LogP contribution in [0, 0.1) is 0 Å². The number of carboxylic acids is 1. The van der Waals surface area contributed by atoms with Gasteiger partial charge in [0.1, 0.15) is 12.4 Å². The van der Waals surface area contributed by atoms with E-state index >= 15 is 0 Å². The summed E-state index contributed by atoms with van der Waals surface area (Å²) >= 11 is 1.25. The second kappa shape index (κ2) is 6.06. The van der Waals surface area contributed by atoms with Gasteiger partial charge in [-0.25, -0.2) is 14.8 Å². The molecular weight excluding hydrogens is 230 g/mol. The lowest BCUT2D eigenvalue weighted by molar-refractivity contribution is -0.140. The Kier molecular flexibility index (Phi) is 4.71. The Morgan fingerprint density at radius 3 is 2.88 bits per heavy atom. The minimum absolute atomic E-state index is 0.228.